The average Bonchev–Trinajstić information content (AvgIpc) is 2.79. The van der Waals surface area contributed by atoms with Crippen molar-refractivity contribution in [3.05, 3.63) is 101 Å². The van der Waals surface area contributed by atoms with E-state index >= 15 is 0 Å². The van der Waals surface area contributed by atoms with Gasteiger partial charge in [-0.3, -0.25) is 9.69 Å². The van der Waals surface area contributed by atoms with Gasteiger partial charge in [0.05, 0.1) is 0 Å². The fourth-order valence-electron chi connectivity index (χ4n) is 3.63. The number of ether oxygens (including phenoxy) is 1. The Bertz CT molecular complexity index is 1010. The van der Waals surface area contributed by atoms with Gasteiger partial charge in [0, 0.05) is 38.3 Å². The van der Waals surface area contributed by atoms with Gasteiger partial charge < -0.3 is 9.64 Å². The van der Waals surface area contributed by atoms with Crippen LogP contribution in [-0.2, 0) is 13.2 Å². The lowest BCUT2D eigenvalue weighted by molar-refractivity contribution is 0.0628. The molecule has 0 radical (unpaired) electrons. The highest BCUT2D eigenvalue weighted by molar-refractivity contribution is 5.94. The molecule has 1 aliphatic heterocycles. The van der Waals surface area contributed by atoms with Gasteiger partial charge in [0.1, 0.15) is 24.0 Å². The van der Waals surface area contributed by atoms with E-state index in [0.717, 1.165) is 24.2 Å². The first-order valence-electron chi connectivity index (χ1n) is 10.3. The van der Waals surface area contributed by atoms with Gasteiger partial charge in [0.2, 0.25) is 0 Å². The molecule has 0 unspecified atom stereocenters. The molecule has 1 amide bonds. The van der Waals surface area contributed by atoms with Gasteiger partial charge in [-0.25, -0.2) is 8.78 Å². The lowest BCUT2D eigenvalue weighted by Gasteiger charge is -2.34. The summed E-state index contributed by atoms with van der Waals surface area (Å²) in [5, 5.41) is 0. The Labute approximate surface area is 180 Å². The highest BCUT2D eigenvalue weighted by Crippen LogP contribution is 2.16. The van der Waals surface area contributed by atoms with E-state index in [2.05, 4.69) is 4.90 Å². The number of rotatable bonds is 6. The molecule has 31 heavy (non-hydrogen) atoms. The summed E-state index contributed by atoms with van der Waals surface area (Å²) in [7, 11) is 0. The maximum Gasteiger partial charge on any atom is 0.253 e. The van der Waals surface area contributed by atoms with Crippen LogP contribution in [0, 0.1) is 11.6 Å². The predicted octanol–water partition coefficient (Wildman–Crippen LogP) is 4.50. The number of carbonyl (C=O) groups is 1. The van der Waals surface area contributed by atoms with Crippen molar-refractivity contribution in [2.75, 3.05) is 26.2 Å². The van der Waals surface area contributed by atoms with E-state index in [1.165, 1.54) is 18.2 Å². The molecule has 6 heteroatoms. The Hall–Kier alpha value is -3.25. The van der Waals surface area contributed by atoms with Gasteiger partial charge in [-0.15, -0.1) is 0 Å². The minimum Gasteiger partial charge on any atom is -0.489 e. The smallest absolute Gasteiger partial charge is 0.253 e. The van der Waals surface area contributed by atoms with Gasteiger partial charge in [0.25, 0.3) is 5.91 Å². The molecule has 0 atom stereocenters. The largest absolute Gasteiger partial charge is 0.489 e. The van der Waals surface area contributed by atoms with Crippen LogP contribution in [0.25, 0.3) is 0 Å². The lowest BCUT2D eigenvalue weighted by Crippen LogP contribution is -2.48. The molecule has 3 aromatic carbocycles. The second kappa shape index (κ2) is 9.71. The van der Waals surface area contributed by atoms with Gasteiger partial charge in [-0.05, 0) is 59.7 Å². The molecule has 0 N–H and O–H groups in total. The molecular weight excluding hydrogens is 398 g/mol. The first-order chi connectivity index (χ1) is 15.1. The van der Waals surface area contributed by atoms with E-state index in [0.29, 0.717) is 37.6 Å². The van der Waals surface area contributed by atoms with Crippen LogP contribution >= 0.6 is 0 Å². The summed E-state index contributed by atoms with van der Waals surface area (Å²) in [6, 6.07) is 19.9. The van der Waals surface area contributed by atoms with Crippen molar-refractivity contribution in [1.82, 2.24) is 9.80 Å². The number of amides is 1. The number of carbonyl (C=O) groups excluding carboxylic acids is 1. The number of halogens is 2. The van der Waals surface area contributed by atoms with Crippen LogP contribution < -0.4 is 4.74 Å². The highest BCUT2D eigenvalue weighted by Gasteiger charge is 2.22. The number of hydrogen-bond donors (Lipinski definition) is 0. The van der Waals surface area contributed by atoms with Crippen LogP contribution in [-0.4, -0.2) is 41.9 Å². The first-order valence-corrected chi connectivity index (χ1v) is 10.3. The summed E-state index contributed by atoms with van der Waals surface area (Å²) in [6.07, 6.45) is 0. The van der Waals surface area contributed by atoms with E-state index in [9.17, 15) is 13.6 Å². The van der Waals surface area contributed by atoms with Gasteiger partial charge >= 0.3 is 0 Å². The normalized spacial score (nSPS) is 14.5. The standard InChI is InChI=1S/C25H24F2N2O2/c26-22-8-10-24(11-9-22)31-18-19-4-6-21(7-5-19)25(30)29-14-12-28(13-15-29)17-20-2-1-3-23(27)16-20/h1-11,16H,12-15,17-18H2. The highest BCUT2D eigenvalue weighted by atomic mass is 19.1. The molecule has 160 valence electrons. The molecule has 1 fully saturated rings. The Balaban J connectivity index is 1.27. The van der Waals surface area contributed by atoms with Crippen LogP contribution in [0.15, 0.2) is 72.8 Å². The Morgan fingerprint density at radius 3 is 2.19 bits per heavy atom. The maximum absolute atomic E-state index is 13.4. The Morgan fingerprint density at radius 2 is 1.52 bits per heavy atom. The Kier molecular flexibility index (Phi) is 6.57. The van der Waals surface area contributed by atoms with Crippen LogP contribution in [0.5, 0.6) is 5.75 Å². The summed E-state index contributed by atoms with van der Waals surface area (Å²) in [6.45, 7) is 3.83. The molecule has 1 saturated heterocycles. The summed E-state index contributed by atoms with van der Waals surface area (Å²) in [4.78, 5) is 16.9. The van der Waals surface area contributed by atoms with Crippen LogP contribution in [0.4, 0.5) is 8.78 Å². The van der Waals surface area contributed by atoms with Crippen LogP contribution in [0.3, 0.4) is 0 Å². The second-order valence-electron chi connectivity index (χ2n) is 7.64. The molecule has 0 aliphatic carbocycles. The zero-order valence-corrected chi connectivity index (χ0v) is 17.1. The molecular formula is C25H24F2N2O2. The van der Waals surface area contributed by atoms with Gasteiger partial charge in [-0.2, -0.15) is 0 Å². The van der Waals surface area contributed by atoms with Crippen molar-refractivity contribution < 1.29 is 18.3 Å². The number of nitrogens with zero attached hydrogens (tertiary/aromatic N) is 2. The zero-order chi connectivity index (χ0) is 21.6. The topological polar surface area (TPSA) is 32.8 Å². The molecule has 0 bridgehead atoms. The van der Waals surface area contributed by atoms with Crippen molar-refractivity contribution in [3.8, 4) is 5.75 Å². The van der Waals surface area contributed by atoms with Crippen molar-refractivity contribution in [1.29, 1.82) is 0 Å². The minimum atomic E-state index is -0.301. The van der Waals surface area contributed by atoms with Crippen molar-refractivity contribution in [2.24, 2.45) is 0 Å². The molecule has 3 aromatic rings. The van der Waals surface area contributed by atoms with E-state index < -0.39 is 0 Å². The maximum atomic E-state index is 13.4. The summed E-state index contributed by atoms with van der Waals surface area (Å²) in [5.41, 5.74) is 2.52. The average molecular weight is 422 g/mol. The molecule has 4 nitrogen and oxygen atoms in total. The summed E-state index contributed by atoms with van der Waals surface area (Å²) >= 11 is 0. The van der Waals surface area contributed by atoms with E-state index in [-0.39, 0.29) is 17.5 Å². The molecule has 1 heterocycles. The fraction of sp³-hybridized carbons (Fsp3) is 0.240. The SMILES string of the molecule is O=C(c1ccc(COc2ccc(F)cc2)cc1)N1CCN(Cc2cccc(F)c2)CC1. The third-order valence-electron chi connectivity index (χ3n) is 5.37. The van der Waals surface area contributed by atoms with E-state index in [4.69, 9.17) is 4.74 Å². The Morgan fingerprint density at radius 1 is 0.806 bits per heavy atom. The van der Waals surface area contributed by atoms with Crippen molar-refractivity contribution in [3.63, 3.8) is 0 Å². The van der Waals surface area contributed by atoms with Crippen molar-refractivity contribution in [2.45, 2.75) is 13.2 Å². The third kappa shape index (κ3) is 5.67. The number of benzene rings is 3. The molecule has 1 aliphatic rings. The molecule has 0 saturated carbocycles. The number of piperazine rings is 1. The molecule has 0 spiro atoms. The van der Waals surface area contributed by atoms with Crippen LogP contribution in [0.2, 0.25) is 0 Å². The third-order valence-corrected chi connectivity index (χ3v) is 5.37. The molecule has 0 aromatic heterocycles. The number of hydrogen-bond acceptors (Lipinski definition) is 3. The van der Waals surface area contributed by atoms with E-state index in [1.54, 1.807) is 24.3 Å². The monoisotopic (exact) mass is 422 g/mol. The summed E-state index contributed by atoms with van der Waals surface area (Å²) < 4.78 is 32.0. The van der Waals surface area contributed by atoms with Crippen LogP contribution in [0.1, 0.15) is 21.5 Å². The fourth-order valence-corrected chi connectivity index (χ4v) is 3.63. The van der Waals surface area contributed by atoms with Crippen molar-refractivity contribution >= 4 is 5.91 Å². The van der Waals surface area contributed by atoms with Gasteiger partial charge in [-0.1, -0.05) is 24.3 Å². The first kappa shape index (κ1) is 21.0. The quantitative estimate of drug-likeness (QED) is 0.586. The molecule has 4 rings (SSSR count). The summed E-state index contributed by atoms with van der Waals surface area (Å²) in [5.74, 6) is 0.0805. The predicted molar refractivity (Wildman–Crippen MR) is 115 cm³/mol. The second-order valence-corrected chi connectivity index (χ2v) is 7.64. The van der Waals surface area contributed by atoms with Gasteiger partial charge in [0.15, 0.2) is 0 Å². The minimum absolute atomic E-state index is 0.0106. The van der Waals surface area contributed by atoms with E-state index in [1.807, 2.05) is 35.2 Å². The zero-order valence-electron chi connectivity index (χ0n) is 17.1. The lowest BCUT2D eigenvalue weighted by atomic mass is 10.1.